The van der Waals surface area contributed by atoms with Gasteiger partial charge in [-0.05, 0) is 56.4 Å². The monoisotopic (exact) mass is 326 g/mol. The Morgan fingerprint density at radius 3 is 2.33 bits per heavy atom. The van der Waals surface area contributed by atoms with Gasteiger partial charge in [0.25, 0.3) is 5.91 Å². The summed E-state index contributed by atoms with van der Waals surface area (Å²) in [5.41, 5.74) is 3.37. The summed E-state index contributed by atoms with van der Waals surface area (Å²) in [7, 11) is 0. The highest BCUT2D eigenvalue weighted by molar-refractivity contribution is 6.03. The van der Waals surface area contributed by atoms with Gasteiger partial charge in [-0.1, -0.05) is 19.9 Å². The molecule has 2 N–H and O–H groups in total. The Morgan fingerprint density at radius 1 is 1.04 bits per heavy atom. The van der Waals surface area contributed by atoms with E-state index in [1.54, 1.807) is 13.0 Å². The van der Waals surface area contributed by atoms with Gasteiger partial charge in [0.05, 0.1) is 0 Å². The van der Waals surface area contributed by atoms with Crippen LogP contribution < -0.4 is 10.6 Å². The molecule has 128 valence electrons. The molecule has 5 heteroatoms. The zero-order chi connectivity index (χ0) is 17.7. The number of hydrogen-bond donors (Lipinski definition) is 2. The molecule has 0 unspecified atom stereocenters. The molecule has 24 heavy (non-hydrogen) atoms. The molecule has 2 rings (SSSR count). The predicted octanol–water partition coefficient (Wildman–Crippen LogP) is 4.11. The minimum absolute atomic E-state index is 0.225. The number of benzene rings is 1. The summed E-state index contributed by atoms with van der Waals surface area (Å²) < 4.78 is 0. The van der Waals surface area contributed by atoms with E-state index in [0.717, 1.165) is 29.8 Å². The summed E-state index contributed by atoms with van der Waals surface area (Å²) in [6, 6.07) is 7.66. The largest absolute Gasteiger partial charge is 0.370 e. The molecule has 0 atom stereocenters. The van der Waals surface area contributed by atoms with Gasteiger partial charge in [-0.2, -0.15) is 0 Å². The number of anilines is 2. The van der Waals surface area contributed by atoms with E-state index in [1.807, 2.05) is 26.0 Å². The second-order valence-electron chi connectivity index (χ2n) is 6.63. The van der Waals surface area contributed by atoms with Gasteiger partial charge in [-0.25, -0.2) is 9.97 Å². The summed E-state index contributed by atoms with van der Waals surface area (Å²) in [6.45, 7) is 11.0. The maximum atomic E-state index is 12.5. The molecule has 2 aromatic rings. The first-order valence-corrected chi connectivity index (χ1v) is 8.32. The Bertz CT molecular complexity index is 705. The van der Waals surface area contributed by atoms with Crippen LogP contribution in [0.3, 0.4) is 0 Å². The Balaban J connectivity index is 2.12. The van der Waals surface area contributed by atoms with Crippen LogP contribution in [0.4, 0.5) is 11.5 Å². The number of carbonyl (C=O) groups excluding carboxylic acids is 1. The van der Waals surface area contributed by atoms with Gasteiger partial charge in [-0.15, -0.1) is 0 Å². The summed E-state index contributed by atoms with van der Waals surface area (Å²) in [5, 5.41) is 6.17. The number of hydrogen-bond acceptors (Lipinski definition) is 4. The molecule has 1 aromatic heterocycles. The molecule has 0 bridgehead atoms. The SMILES string of the molecule is Cc1cc(C)cc(NC(=O)c2cc(NCCC(C)C)nc(C)n2)c1. The minimum Gasteiger partial charge on any atom is -0.370 e. The molecule has 0 aliphatic carbocycles. The molecule has 0 saturated heterocycles. The van der Waals surface area contributed by atoms with Crippen molar-refractivity contribution in [2.45, 2.75) is 41.0 Å². The van der Waals surface area contributed by atoms with Gasteiger partial charge in [0.2, 0.25) is 0 Å². The molecular formula is C19H26N4O. The van der Waals surface area contributed by atoms with Crippen molar-refractivity contribution >= 4 is 17.4 Å². The number of nitrogens with zero attached hydrogens (tertiary/aromatic N) is 2. The highest BCUT2D eigenvalue weighted by atomic mass is 16.1. The summed E-state index contributed by atoms with van der Waals surface area (Å²) >= 11 is 0. The van der Waals surface area contributed by atoms with Crippen molar-refractivity contribution in [2.24, 2.45) is 5.92 Å². The van der Waals surface area contributed by atoms with Gasteiger partial charge in [0.1, 0.15) is 17.3 Å². The zero-order valence-electron chi connectivity index (χ0n) is 15.1. The van der Waals surface area contributed by atoms with Crippen molar-refractivity contribution in [3.8, 4) is 0 Å². The number of aromatic nitrogens is 2. The maximum absolute atomic E-state index is 12.5. The van der Waals surface area contributed by atoms with Gasteiger partial charge < -0.3 is 10.6 Å². The number of rotatable bonds is 6. The van der Waals surface area contributed by atoms with Gasteiger partial charge in [0, 0.05) is 18.3 Å². The Labute approximate surface area is 143 Å². The molecule has 0 aliphatic heterocycles. The van der Waals surface area contributed by atoms with E-state index in [1.165, 1.54) is 0 Å². The number of amides is 1. The molecule has 0 spiro atoms. The maximum Gasteiger partial charge on any atom is 0.274 e. The van der Waals surface area contributed by atoms with Crippen molar-refractivity contribution in [3.63, 3.8) is 0 Å². The average molecular weight is 326 g/mol. The van der Waals surface area contributed by atoms with E-state index in [4.69, 9.17) is 0 Å². The zero-order valence-corrected chi connectivity index (χ0v) is 15.1. The highest BCUT2D eigenvalue weighted by Crippen LogP contribution is 2.15. The van der Waals surface area contributed by atoms with E-state index in [2.05, 4.69) is 40.5 Å². The lowest BCUT2D eigenvalue weighted by Gasteiger charge is -2.11. The van der Waals surface area contributed by atoms with Crippen molar-refractivity contribution in [3.05, 3.63) is 46.9 Å². The second-order valence-corrected chi connectivity index (χ2v) is 6.63. The summed E-state index contributed by atoms with van der Waals surface area (Å²) in [5.74, 6) is 1.66. The van der Waals surface area contributed by atoms with E-state index < -0.39 is 0 Å². The molecule has 0 aliphatic rings. The van der Waals surface area contributed by atoms with Crippen LogP contribution >= 0.6 is 0 Å². The standard InChI is InChI=1S/C19H26N4O/c1-12(2)6-7-20-18-11-17(21-15(5)22-18)19(24)23-16-9-13(3)8-14(4)10-16/h8-12H,6-7H2,1-5H3,(H,23,24)(H,20,21,22). The van der Waals surface area contributed by atoms with Crippen molar-refractivity contribution in [2.75, 3.05) is 17.2 Å². The number of aryl methyl sites for hydroxylation is 3. The smallest absolute Gasteiger partial charge is 0.274 e. The third-order valence-electron chi connectivity index (χ3n) is 3.58. The minimum atomic E-state index is -0.225. The third kappa shape index (κ3) is 5.33. The van der Waals surface area contributed by atoms with Crippen LogP contribution in [0.1, 0.15) is 47.7 Å². The van der Waals surface area contributed by atoms with E-state index >= 15 is 0 Å². The quantitative estimate of drug-likeness (QED) is 0.838. The van der Waals surface area contributed by atoms with Crippen molar-refractivity contribution < 1.29 is 4.79 Å². The lowest BCUT2D eigenvalue weighted by atomic mass is 10.1. The number of carbonyl (C=O) groups is 1. The van der Waals surface area contributed by atoms with Gasteiger partial charge in [0.15, 0.2) is 0 Å². The average Bonchev–Trinajstić information content (AvgIpc) is 2.45. The molecule has 0 radical (unpaired) electrons. The molecule has 0 fully saturated rings. The lowest BCUT2D eigenvalue weighted by molar-refractivity contribution is 0.102. The van der Waals surface area contributed by atoms with Crippen LogP contribution in [0.15, 0.2) is 24.3 Å². The molecule has 1 heterocycles. The third-order valence-corrected chi connectivity index (χ3v) is 3.58. The Kier molecular flexibility index (Phi) is 5.90. The molecule has 5 nitrogen and oxygen atoms in total. The van der Waals surface area contributed by atoms with E-state index in [0.29, 0.717) is 23.3 Å². The van der Waals surface area contributed by atoms with E-state index in [-0.39, 0.29) is 5.91 Å². The second kappa shape index (κ2) is 7.90. The topological polar surface area (TPSA) is 66.9 Å². The summed E-state index contributed by atoms with van der Waals surface area (Å²) in [4.78, 5) is 21.1. The fraction of sp³-hybridized carbons (Fsp3) is 0.421. The molecular weight excluding hydrogens is 300 g/mol. The van der Waals surface area contributed by atoms with E-state index in [9.17, 15) is 4.79 Å². The van der Waals surface area contributed by atoms with Crippen LogP contribution in [-0.2, 0) is 0 Å². The van der Waals surface area contributed by atoms with Gasteiger partial charge >= 0.3 is 0 Å². The highest BCUT2D eigenvalue weighted by Gasteiger charge is 2.11. The summed E-state index contributed by atoms with van der Waals surface area (Å²) in [6.07, 6.45) is 1.05. The van der Waals surface area contributed by atoms with Crippen molar-refractivity contribution in [1.29, 1.82) is 0 Å². The molecule has 1 amide bonds. The number of nitrogens with one attached hydrogen (secondary N) is 2. The fourth-order valence-electron chi connectivity index (χ4n) is 2.51. The predicted molar refractivity (Wildman–Crippen MR) is 98.6 cm³/mol. The fourth-order valence-corrected chi connectivity index (χ4v) is 2.51. The molecule has 0 saturated carbocycles. The van der Waals surface area contributed by atoms with Crippen LogP contribution in [0.2, 0.25) is 0 Å². The van der Waals surface area contributed by atoms with Crippen LogP contribution in [0.25, 0.3) is 0 Å². The Morgan fingerprint density at radius 2 is 1.71 bits per heavy atom. The van der Waals surface area contributed by atoms with Gasteiger partial charge in [-0.3, -0.25) is 4.79 Å². The lowest BCUT2D eigenvalue weighted by Crippen LogP contribution is -2.16. The normalized spacial score (nSPS) is 10.8. The first-order valence-electron chi connectivity index (χ1n) is 8.32. The first kappa shape index (κ1) is 17.9. The van der Waals surface area contributed by atoms with Crippen LogP contribution in [0, 0.1) is 26.7 Å². The van der Waals surface area contributed by atoms with Crippen LogP contribution in [0.5, 0.6) is 0 Å². The van der Waals surface area contributed by atoms with Crippen LogP contribution in [-0.4, -0.2) is 22.4 Å². The van der Waals surface area contributed by atoms with Crippen molar-refractivity contribution in [1.82, 2.24) is 9.97 Å². The Hall–Kier alpha value is -2.43. The first-order chi connectivity index (χ1) is 11.3. The molecule has 1 aromatic carbocycles.